The summed E-state index contributed by atoms with van der Waals surface area (Å²) >= 11 is 0. The quantitative estimate of drug-likeness (QED) is 0.457. The van der Waals surface area contributed by atoms with Crippen LogP contribution in [0.25, 0.3) is 10.8 Å². The summed E-state index contributed by atoms with van der Waals surface area (Å²) in [6, 6.07) is 9.32. The lowest BCUT2D eigenvalue weighted by Crippen LogP contribution is -2.05. The standard InChI is InChI=1S/C18H12O8/c19-15(20)5-7-17(23)25-13-3-1-11-9-14(4-2-12(11)10-13)26-18(24)8-6-16(21)22/h1-10H,(H,19,20)(H,21,22). The fraction of sp³-hybridized carbons (Fsp3) is 0. The summed E-state index contributed by atoms with van der Waals surface area (Å²) in [6.45, 7) is 0. The molecule has 2 N–H and O–H groups in total. The number of carbonyl (C=O) groups is 4. The molecule has 0 amide bonds. The Morgan fingerprint density at radius 2 is 1.04 bits per heavy atom. The molecule has 0 aliphatic heterocycles. The second kappa shape index (κ2) is 8.25. The van der Waals surface area contributed by atoms with Gasteiger partial charge in [-0.1, -0.05) is 12.1 Å². The monoisotopic (exact) mass is 356 g/mol. The summed E-state index contributed by atoms with van der Waals surface area (Å²) in [7, 11) is 0. The summed E-state index contributed by atoms with van der Waals surface area (Å²) in [4.78, 5) is 43.6. The lowest BCUT2D eigenvalue weighted by Gasteiger charge is -2.06. The third kappa shape index (κ3) is 5.60. The molecule has 8 nitrogen and oxygen atoms in total. The Balaban J connectivity index is 2.12. The average molecular weight is 356 g/mol. The Hall–Kier alpha value is -3.94. The zero-order valence-electron chi connectivity index (χ0n) is 13.1. The molecule has 0 saturated heterocycles. The van der Waals surface area contributed by atoms with E-state index in [1.807, 2.05) is 0 Å². The van der Waals surface area contributed by atoms with Crippen molar-refractivity contribution in [2.75, 3.05) is 0 Å². The number of hydrogen-bond donors (Lipinski definition) is 2. The molecule has 0 aromatic heterocycles. The minimum Gasteiger partial charge on any atom is -0.478 e. The van der Waals surface area contributed by atoms with Crippen LogP contribution in [0.2, 0.25) is 0 Å². The van der Waals surface area contributed by atoms with Crippen molar-refractivity contribution in [3.8, 4) is 11.5 Å². The van der Waals surface area contributed by atoms with E-state index in [4.69, 9.17) is 19.7 Å². The van der Waals surface area contributed by atoms with E-state index in [9.17, 15) is 19.2 Å². The van der Waals surface area contributed by atoms with Crippen LogP contribution in [0.15, 0.2) is 60.7 Å². The number of aliphatic carboxylic acids is 2. The molecule has 0 saturated carbocycles. The van der Waals surface area contributed by atoms with Gasteiger partial charge in [-0.25, -0.2) is 19.2 Å². The Morgan fingerprint density at radius 1 is 0.654 bits per heavy atom. The van der Waals surface area contributed by atoms with Crippen molar-refractivity contribution >= 4 is 34.6 Å². The molecule has 2 aromatic carbocycles. The van der Waals surface area contributed by atoms with Gasteiger partial charge in [0.15, 0.2) is 0 Å². The molecule has 0 atom stereocenters. The highest BCUT2D eigenvalue weighted by molar-refractivity contribution is 5.93. The van der Waals surface area contributed by atoms with Crippen LogP contribution in [0, 0.1) is 0 Å². The van der Waals surface area contributed by atoms with Gasteiger partial charge in [0.25, 0.3) is 0 Å². The van der Waals surface area contributed by atoms with Crippen LogP contribution < -0.4 is 9.47 Å². The molecule has 0 heterocycles. The lowest BCUT2D eigenvalue weighted by atomic mass is 10.1. The number of fused-ring (bicyclic) bond motifs is 1. The second-order valence-electron chi connectivity index (χ2n) is 4.86. The van der Waals surface area contributed by atoms with Gasteiger partial charge >= 0.3 is 23.9 Å². The van der Waals surface area contributed by atoms with E-state index in [1.165, 1.54) is 12.1 Å². The van der Waals surface area contributed by atoms with Crippen molar-refractivity contribution in [3.63, 3.8) is 0 Å². The predicted molar refractivity (Wildman–Crippen MR) is 88.8 cm³/mol. The maximum absolute atomic E-state index is 11.5. The highest BCUT2D eigenvalue weighted by Crippen LogP contribution is 2.25. The first-order chi connectivity index (χ1) is 12.3. The zero-order chi connectivity index (χ0) is 19.1. The smallest absolute Gasteiger partial charge is 0.336 e. The molecule has 0 bridgehead atoms. The Bertz CT molecular complexity index is 862. The number of benzene rings is 2. The normalized spacial score (nSPS) is 10.9. The molecule has 2 aromatic rings. The van der Waals surface area contributed by atoms with Gasteiger partial charge in [0.2, 0.25) is 0 Å². The van der Waals surface area contributed by atoms with Crippen LogP contribution in [-0.2, 0) is 19.2 Å². The number of hydrogen-bond acceptors (Lipinski definition) is 6. The summed E-state index contributed by atoms with van der Waals surface area (Å²) in [5, 5.41) is 18.3. The van der Waals surface area contributed by atoms with Gasteiger partial charge in [-0.05, 0) is 35.0 Å². The van der Waals surface area contributed by atoms with Crippen LogP contribution in [0.1, 0.15) is 0 Å². The SMILES string of the molecule is O=C(O)C=CC(=O)Oc1ccc2cc(OC(=O)C=CC(=O)O)ccc2c1. The van der Waals surface area contributed by atoms with Crippen LogP contribution in [-0.4, -0.2) is 34.1 Å². The number of carboxylic acids is 2. The molecule has 0 aliphatic rings. The van der Waals surface area contributed by atoms with Gasteiger partial charge in [0, 0.05) is 24.3 Å². The Morgan fingerprint density at radius 3 is 1.38 bits per heavy atom. The largest absolute Gasteiger partial charge is 0.478 e. The van der Waals surface area contributed by atoms with Crippen molar-refractivity contribution in [1.29, 1.82) is 0 Å². The highest BCUT2D eigenvalue weighted by atomic mass is 16.5. The summed E-state index contributed by atoms with van der Waals surface area (Å²) in [5.41, 5.74) is 0. The molecule has 0 aliphatic carbocycles. The minimum absolute atomic E-state index is 0.215. The Labute approximate surface area is 146 Å². The first-order valence-electron chi connectivity index (χ1n) is 7.13. The van der Waals surface area contributed by atoms with Crippen LogP contribution >= 0.6 is 0 Å². The minimum atomic E-state index is -1.26. The van der Waals surface area contributed by atoms with E-state index >= 15 is 0 Å². The summed E-state index contributed by atoms with van der Waals surface area (Å²) < 4.78 is 9.97. The van der Waals surface area contributed by atoms with Gasteiger partial charge in [-0.15, -0.1) is 0 Å². The van der Waals surface area contributed by atoms with Gasteiger partial charge in [0.05, 0.1) is 0 Å². The van der Waals surface area contributed by atoms with E-state index < -0.39 is 23.9 Å². The molecule has 0 unspecified atom stereocenters. The third-order valence-corrected chi connectivity index (χ3v) is 2.94. The lowest BCUT2D eigenvalue weighted by molar-refractivity contribution is -0.133. The molecule has 8 heteroatoms. The Kier molecular flexibility index (Phi) is 5.83. The molecule has 2 rings (SSSR count). The molecular weight excluding hydrogens is 344 g/mol. The van der Waals surface area contributed by atoms with Crippen molar-refractivity contribution in [3.05, 3.63) is 60.7 Å². The van der Waals surface area contributed by atoms with Gasteiger partial charge in [-0.2, -0.15) is 0 Å². The first-order valence-corrected chi connectivity index (χ1v) is 7.13. The molecule has 0 fully saturated rings. The van der Waals surface area contributed by atoms with Crippen molar-refractivity contribution in [1.82, 2.24) is 0 Å². The second-order valence-corrected chi connectivity index (χ2v) is 4.86. The molecule has 0 radical (unpaired) electrons. The van der Waals surface area contributed by atoms with Crippen molar-refractivity contribution < 1.29 is 38.9 Å². The third-order valence-electron chi connectivity index (χ3n) is 2.94. The van der Waals surface area contributed by atoms with Gasteiger partial charge < -0.3 is 19.7 Å². The topological polar surface area (TPSA) is 127 Å². The van der Waals surface area contributed by atoms with E-state index in [2.05, 4.69) is 0 Å². The van der Waals surface area contributed by atoms with Crippen LogP contribution in [0.5, 0.6) is 11.5 Å². The number of carbonyl (C=O) groups excluding carboxylic acids is 2. The molecular formula is C18H12O8. The molecule has 26 heavy (non-hydrogen) atoms. The van der Waals surface area contributed by atoms with Crippen molar-refractivity contribution in [2.45, 2.75) is 0 Å². The fourth-order valence-electron chi connectivity index (χ4n) is 1.91. The predicted octanol–water partition coefficient (Wildman–Crippen LogP) is 1.93. The molecule has 0 spiro atoms. The van der Waals surface area contributed by atoms with E-state index in [-0.39, 0.29) is 11.5 Å². The molecule has 132 valence electrons. The van der Waals surface area contributed by atoms with E-state index in [1.54, 1.807) is 24.3 Å². The maximum Gasteiger partial charge on any atom is 0.336 e. The van der Waals surface area contributed by atoms with Gasteiger partial charge in [0.1, 0.15) is 11.5 Å². The zero-order valence-corrected chi connectivity index (χ0v) is 13.1. The van der Waals surface area contributed by atoms with Crippen LogP contribution in [0.3, 0.4) is 0 Å². The van der Waals surface area contributed by atoms with E-state index in [0.29, 0.717) is 22.9 Å². The van der Waals surface area contributed by atoms with Crippen molar-refractivity contribution in [2.24, 2.45) is 0 Å². The van der Waals surface area contributed by atoms with Crippen LogP contribution in [0.4, 0.5) is 0 Å². The number of rotatable bonds is 6. The highest BCUT2D eigenvalue weighted by Gasteiger charge is 2.06. The van der Waals surface area contributed by atoms with Gasteiger partial charge in [-0.3, -0.25) is 0 Å². The number of esters is 2. The average Bonchev–Trinajstić information content (AvgIpc) is 2.58. The van der Waals surface area contributed by atoms with E-state index in [0.717, 1.165) is 12.2 Å². The first kappa shape index (κ1) is 18.4. The summed E-state index contributed by atoms with van der Waals surface area (Å²) in [5.74, 6) is -3.76. The number of carboxylic acid groups (broad SMARTS) is 2. The number of ether oxygens (including phenoxy) is 2. The summed E-state index contributed by atoms with van der Waals surface area (Å²) in [6.07, 6.45) is 2.92. The fourth-order valence-corrected chi connectivity index (χ4v) is 1.91. The maximum atomic E-state index is 11.5.